The maximum absolute atomic E-state index is 12.9. The van der Waals surface area contributed by atoms with Crippen molar-refractivity contribution >= 4 is 11.6 Å². The van der Waals surface area contributed by atoms with Crippen molar-refractivity contribution in [2.75, 3.05) is 13.1 Å². The first-order valence-corrected chi connectivity index (χ1v) is 6.26. The van der Waals surface area contributed by atoms with E-state index in [1.54, 1.807) is 12.1 Å². The highest BCUT2D eigenvalue weighted by Gasteiger charge is 2.00. The zero-order valence-corrected chi connectivity index (χ0v) is 10.5. The number of hydrogen-bond acceptors (Lipinski definition) is 1. The Kier molecular flexibility index (Phi) is 6.43. The quantitative estimate of drug-likeness (QED) is 0.719. The normalized spacial score (nSPS) is 10.7. The Morgan fingerprint density at radius 1 is 1.25 bits per heavy atom. The molecule has 0 aliphatic rings. The Hall–Kier alpha value is -0.600. The first-order valence-electron chi connectivity index (χ1n) is 5.88. The molecule has 0 unspecified atom stereocenters. The molecule has 0 fully saturated rings. The summed E-state index contributed by atoms with van der Waals surface area (Å²) in [5.41, 5.74) is 1.11. The Bertz CT molecular complexity index is 315. The van der Waals surface area contributed by atoms with Crippen molar-refractivity contribution in [1.29, 1.82) is 0 Å². The van der Waals surface area contributed by atoms with Crippen LogP contribution in [0.1, 0.15) is 31.7 Å². The summed E-state index contributed by atoms with van der Waals surface area (Å²) >= 11 is 5.71. The van der Waals surface area contributed by atoms with Gasteiger partial charge in [0.25, 0.3) is 0 Å². The van der Waals surface area contributed by atoms with E-state index in [0.717, 1.165) is 37.9 Å². The number of unbranched alkanes of at least 4 members (excludes halogenated alkanes) is 1. The number of rotatable bonds is 7. The second-order valence-corrected chi connectivity index (χ2v) is 4.36. The van der Waals surface area contributed by atoms with Crippen LogP contribution in [0.4, 0.5) is 4.39 Å². The summed E-state index contributed by atoms with van der Waals surface area (Å²) in [6.45, 7) is 4.30. The van der Waals surface area contributed by atoms with Crippen LogP contribution >= 0.6 is 11.6 Å². The Morgan fingerprint density at radius 3 is 2.75 bits per heavy atom. The van der Waals surface area contributed by atoms with Crippen LogP contribution in [0.3, 0.4) is 0 Å². The molecular formula is C13H19ClFN. The van der Waals surface area contributed by atoms with Crippen LogP contribution in [-0.4, -0.2) is 13.1 Å². The molecule has 0 saturated heterocycles. The molecule has 1 N–H and O–H groups in total. The van der Waals surface area contributed by atoms with Crippen LogP contribution in [0.5, 0.6) is 0 Å². The molecule has 0 radical (unpaired) electrons. The largest absolute Gasteiger partial charge is 0.317 e. The van der Waals surface area contributed by atoms with Gasteiger partial charge < -0.3 is 5.32 Å². The minimum atomic E-state index is -0.338. The fourth-order valence-electron chi connectivity index (χ4n) is 1.58. The van der Waals surface area contributed by atoms with Gasteiger partial charge in [-0.3, -0.25) is 0 Å². The first-order chi connectivity index (χ1) is 7.74. The summed E-state index contributed by atoms with van der Waals surface area (Å²) in [5, 5.41) is 3.58. The molecule has 16 heavy (non-hydrogen) atoms. The summed E-state index contributed by atoms with van der Waals surface area (Å²) in [6, 6.07) is 4.96. The van der Waals surface area contributed by atoms with Gasteiger partial charge in [0.15, 0.2) is 0 Å². The van der Waals surface area contributed by atoms with Gasteiger partial charge in [-0.25, -0.2) is 4.39 Å². The van der Waals surface area contributed by atoms with Gasteiger partial charge in [0, 0.05) is 0 Å². The van der Waals surface area contributed by atoms with Crippen molar-refractivity contribution in [1.82, 2.24) is 5.32 Å². The average Bonchev–Trinajstić information content (AvgIpc) is 2.28. The van der Waals surface area contributed by atoms with E-state index in [-0.39, 0.29) is 10.8 Å². The summed E-state index contributed by atoms with van der Waals surface area (Å²) in [7, 11) is 0. The van der Waals surface area contributed by atoms with Gasteiger partial charge in [0.05, 0.1) is 5.02 Å². The van der Waals surface area contributed by atoms with Gasteiger partial charge in [-0.05, 0) is 56.5 Å². The molecule has 0 amide bonds. The summed E-state index contributed by atoms with van der Waals surface area (Å²) < 4.78 is 12.9. The SMILES string of the molecule is CCCNCCCCc1ccc(F)c(Cl)c1. The topological polar surface area (TPSA) is 12.0 Å². The second kappa shape index (κ2) is 7.64. The van der Waals surface area contributed by atoms with Gasteiger partial charge in [-0.2, -0.15) is 0 Å². The van der Waals surface area contributed by atoms with Crippen molar-refractivity contribution in [2.24, 2.45) is 0 Å². The Morgan fingerprint density at radius 2 is 2.06 bits per heavy atom. The van der Waals surface area contributed by atoms with Gasteiger partial charge in [0.1, 0.15) is 5.82 Å². The lowest BCUT2D eigenvalue weighted by Gasteiger charge is -2.04. The third-order valence-corrected chi connectivity index (χ3v) is 2.77. The molecule has 1 aromatic rings. The predicted molar refractivity (Wildman–Crippen MR) is 67.5 cm³/mol. The van der Waals surface area contributed by atoms with Crippen molar-refractivity contribution in [2.45, 2.75) is 32.6 Å². The average molecular weight is 244 g/mol. The van der Waals surface area contributed by atoms with Gasteiger partial charge >= 0.3 is 0 Å². The maximum Gasteiger partial charge on any atom is 0.141 e. The molecule has 0 aromatic heterocycles. The third kappa shape index (κ3) is 4.95. The molecule has 0 saturated carbocycles. The Balaban J connectivity index is 2.19. The van der Waals surface area contributed by atoms with Crippen molar-refractivity contribution in [3.63, 3.8) is 0 Å². The minimum absolute atomic E-state index is 0.224. The van der Waals surface area contributed by atoms with Crippen LogP contribution in [0.15, 0.2) is 18.2 Å². The molecule has 0 bridgehead atoms. The zero-order valence-electron chi connectivity index (χ0n) is 9.73. The molecule has 0 heterocycles. The first kappa shape index (κ1) is 13.5. The predicted octanol–water partition coefficient (Wildman–Crippen LogP) is 3.80. The van der Waals surface area contributed by atoms with E-state index in [1.807, 2.05) is 0 Å². The lowest BCUT2D eigenvalue weighted by Crippen LogP contribution is -2.15. The van der Waals surface area contributed by atoms with Crippen LogP contribution in [0.2, 0.25) is 5.02 Å². The van der Waals surface area contributed by atoms with Gasteiger partial charge in [-0.1, -0.05) is 24.6 Å². The summed E-state index contributed by atoms with van der Waals surface area (Å²) in [6.07, 6.45) is 4.40. The van der Waals surface area contributed by atoms with E-state index >= 15 is 0 Å². The van der Waals surface area contributed by atoms with Crippen LogP contribution in [-0.2, 0) is 6.42 Å². The molecule has 0 atom stereocenters. The molecule has 1 rings (SSSR count). The summed E-state index contributed by atoms with van der Waals surface area (Å²) in [4.78, 5) is 0. The highest BCUT2D eigenvalue weighted by Crippen LogP contribution is 2.17. The number of benzene rings is 1. The molecular weight excluding hydrogens is 225 g/mol. The number of aryl methyl sites for hydroxylation is 1. The number of nitrogens with one attached hydrogen (secondary N) is 1. The molecule has 0 spiro atoms. The number of hydrogen-bond donors (Lipinski definition) is 1. The van der Waals surface area contributed by atoms with E-state index in [2.05, 4.69) is 12.2 Å². The molecule has 0 aliphatic carbocycles. The fourth-order valence-corrected chi connectivity index (χ4v) is 1.78. The molecule has 3 heteroatoms. The lowest BCUT2D eigenvalue weighted by atomic mass is 10.1. The maximum atomic E-state index is 12.9. The van der Waals surface area contributed by atoms with Gasteiger partial charge in [0.2, 0.25) is 0 Å². The smallest absolute Gasteiger partial charge is 0.141 e. The van der Waals surface area contributed by atoms with E-state index in [0.29, 0.717) is 0 Å². The highest BCUT2D eigenvalue weighted by molar-refractivity contribution is 6.30. The summed E-state index contributed by atoms with van der Waals surface area (Å²) in [5.74, 6) is -0.338. The molecule has 1 aromatic carbocycles. The van der Waals surface area contributed by atoms with Crippen molar-refractivity contribution in [3.8, 4) is 0 Å². The zero-order chi connectivity index (χ0) is 11.8. The molecule has 90 valence electrons. The van der Waals surface area contributed by atoms with E-state index < -0.39 is 0 Å². The van der Waals surface area contributed by atoms with Crippen LogP contribution in [0.25, 0.3) is 0 Å². The Labute approximate surface area is 102 Å². The van der Waals surface area contributed by atoms with Gasteiger partial charge in [-0.15, -0.1) is 0 Å². The second-order valence-electron chi connectivity index (χ2n) is 3.96. The van der Waals surface area contributed by atoms with E-state index in [1.165, 1.54) is 12.5 Å². The van der Waals surface area contributed by atoms with E-state index in [9.17, 15) is 4.39 Å². The highest BCUT2D eigenvalue weighted by atomic mass is 35.5. The van der Waals surface area contributed by atoms with Crippen molar-refractivity contribution < 1.29 is 4.39 Å². The standard InChI is InChI=1S/C13H19ClFN/c1-2-8-16-9-4-3-5-11-6-7-13(15)12(14)10-11/h6-7,10,16H,2-5,8-9H2,1H3. The third-order valence-electron chi connectivity index (χ3n) is 2.48. The monoisotopic (exact) mass is 243 g/mol. The molecule has 0 aliphatic heterocycles. The van der Waals surface area contributed by atoms with E-state index in [4.69, 9.17) is 11.6 Å². The molecule has 1 nitrogen and oxygen atoms in total. The van der Waals surface area contributed by atoms with Crippen LogP contribution in [0, 0.1) is 5.82 Å². The minimum Gasteiger partial charge on any atom is -0.317 e. The van der Waals surface area contributed by atoms with Crippen LogP contribution < -0.4 is 5.32 Å². The number of halogens is 2. The van der Waals surface area contributed by atoms with Crippen molar-refractivity contribution in [3.05, 3.63) is 34.6 Å². The lowest BCUT2D eigenvalue weighted by molar-refractivity contribution is 0.613. The fraction of sp³-hybridized carbons (Fsp3) is 0.538.